The Hall–Kier alpha value is 0.320. The van der Waals surface area contributed by atoms with Crippen molar-refractivity contribution >= 4 is 23.2 Å². The van der Waals surface area contributed by atoms with Crippen LogP contribution in [0.2, 0.25) is 0 Å². The Kier molecular flexibility index (Phi) is 14.4. The molecule has 2 heteroatoms. The summed E-state index contributed by atoms with van der Waals surface area (Å²) in [4.78, 5) is 0. The molecular formula is C4H8Cl2. The number of rotatable bonds is 0. The van der Waals surface area contributed by atoms with Crippen LogP contribution in [-0.4, -0.2) is 0 Å². The molecule has 0 spiro atoms. The van der Waals surface area contributed by atoms with Crippen LogP contribution in [0.5, 0.6) is 0 Å². The van der Waals surface area contributed by atoms with Gasteiger partial charge in [-0.1, -0.05) is 43.6 Å². The summed E-state index contributed by atoms with van der Waals surface area (Å²) in [7, 11) is 0. The van der Waals surface area contributed by atoms with E-state index in [2.05, 4.69) is 6.58 Å². The van der Waals surface area contributed by atoms with E-state index in [1.54, 1.807) is 0 Å². The van der Waals surface area contributed by atoms with Gasteiger partial charge in [-0.3, -0.25) is 0 Å². The standard InChI is InChI=1S/C2H2Cl2.C2H6/c1-2(3)4;1-2/h1H2;1-2H3. The van der Waals surface area contributed by atoms with Crippen LogP contribution < -0.4 is 0 Å². The zero-order valence-corrected chi connectivity index (χ0v) is 5.47. The Bertz CT molecular complexity index is 28.5. The highest BCUT2D eigenvalue weighted by atomic mass is 35.5. The van der Waals surface area contributed by atoms with E-state index in [9.17, 15) is 0 Å². The Balaban J connectivity index is 0. The van der Waals surface area contributed by atoms with Crippen LogP contribution in [-0.2, 0) is 0 Å². The Morgan fingerprint density at radius 2 is 1.33 bits per heavy atom. The molecule has 0 amide bonds. The van der Waals surface area contributed by atoms with Gasteiger partial charge in [0.15, 0.2) is 0 Å². The number of hydrogen-bond donors (Lipinski definition) is 0. The topological polar surface area (TPSA) is 0 Å². The van der Waals surface area contributed by atoms with Crippen molar-refractivity contribution in [2.24, 2.45) is 0 Å². The Morgan fingerprint density at radius 1 is 1.33 bits per heavy atom. The first-order chi connectivity index (χ1) is 2.73. The third kappa shape index (κ3) is 465. The molecule has 0 aliphatic carbocycles. The minimum atomic E-state index is 0.111. The second-order valence-electron chi connectivity index (χ2n) is 0.339. The maximum atomic E-state index is 4.85. The van der Waals surface area contributed by atoms with Crippen molar-refractivity contribution in [2.45, 2.75) is 13.8 Å². The van der Waals surface area contributed by atoms with Crippen molar-refractivity contribution in [1.82, 2.24) is 0 Å². The van der Waals surface area contributed by atoms with Crippen LogP contribution in [0.4, 0.5) is 0 Å². The summed E-state index contributed by atoms with van der Waals surface area (Å²) in [6, 6.07) is 0. The predicted octanol–water partition coefficient (Wildman–Crippen LogP) is 2.96. The smallest absolute Gasteiger partial charge is 0.0716 e. The number of hydrogen-bond acceptors (Lipinski definition) is 0. The molecule has 0 aliphatic rings. The van der Waals surface area contributed by atoms with Gasteiger partial charge in [0.05, 0.1) is 4.49 Å². The molecule has 0 bridgehead atoms. The molecule has 0 fully saturated rings. The Morgan fingerprint density at radius 3 is 1.33 bits per heavy atom. The van der Waals surface area contributed by atoms with Gasteiger partial charge in [0.1, 0.15) is 0 Å². The molecule has 0 atom stereocenters. The third-order valence-electron chi connectivity index (χ3n) is 0. The molecule has 38 valence electrons. The van der Waals surface area contributed by atoms with Gasteiger partial charge < -0.3 is 0 Å². The highest BCUT2D eigenvalue weighted by Gasteiger charge is 1.60. The number of halogens is 2. The average molecular weight is 127 g/mol. The van der Waals surface area contributed by atoms with Crippen LogP contribution in [0.15, 0.2) is 11.1 Å². The van der Waals surface area contributed by atoms with Gasteiger partial charge in [0.25, 0.3) is 0 Å². The highest BCUT2D eigenvalue weighted by Crippen LogP contribution is 1.98. The molecule has 0 aliphatic heterocycles. The average Bonchev–Trinajstić information content (AvgIpc) is 1.41. The van der Waals surface area contributed by atoms with Crippen molar-refractivity contribution in [3.63, 3.8) is 0 Å². The van der Waals surface area contributed by atoms with E-state index in [4.69, 9.17) is 23.2 Å². The fraction of sp³-hybridized carbons (Fsp3) is 0.500. The van der Waals surface area contributed by atoms with Gasteiger partial charge in [0.2, 0.25) is 0 Å². The van der Waals surface area contributed by atoms with E-state index in [0.717, 1.165) is 0 Å². The minimum Gasteiger partial charge on any atom is -0.0716 e. The highest BCUT2D eigenvalue weighted by molar-refractivity contribution is 6.55. The second kappa shape index (κ2) is 9.01. The van der Waals surface area contributed by atoms with Crippen LogP contribution in [0.3, 0.4) is 0 Å². The van der Waals surface area contributed by atoms with Crippen LogP contribution in [0.25, 0.3) is 0 Å². The van der Waals surface area contributed by atoms with Gasteiger partial charge >= 0.3 is 0 Å². The van der Waals surface area contributed by atoms with Gasteiger partial charge in [-0.25, -0.2) is 0 Å². The molecule has 0 heterocycles. The van der Waals surface area contributed by atoms with E-state index in [0.29, 0.717) is 0 Å². The second-order valence-corrected chi connectivity index (χ2v) is 1.44. The van der Waals surface area contributed by atoms with E-state index < -0.39 is 0 Å². The Labute approximate surface area is 48.8 Å². The maximum absolute atomic E-state index is 4.85. The van der Waals surface area contributed by atoms with E-state index >= 15 is 0 Å². The van der Waals surface area contributed by atoms with Crippen molar-refractivity contribution in [3.05, 3.63) is 11.1 Å². The largest absolute Gasteiger partial charge is 0.0992 e. The van der Waals surface area contributed by atoms with E-state index in [1.165, 1.54) is 0 Å². The first-order valence-corrected chi connectivity index (χ1v) is 2.49. The molecule has 0 aromatic heterocycles. The zero-order valence-electron chi connectivity index (χ0n) is 3.96. The lowest BCUT2D eigenvalue weighted by molar-refractivity contribution is 1.50. The van der Waals surface area contributed by atoms with Crippen molar-refractivity contribution in [1.29, 1.82) is 0 Å². The summed E-state index contributed by atoms with van der Waals surface area (Å²) in [5.74, 6) is 0. The maximum Gasteiger partial charge on any atom is 0.0992 e. The minimum absolute atomic E-state index is 0.111. The molecule has 0 unspecified atom stereocenters. The van der Waals surface area contributed by atoms with Crippen molar-refractivity contribution < 1.29 is 0 Å². The van der Waals surface area contributed by atoms with Crippen LogP contribution in [0.1, 0.15) is 13.8 Å². The van der Waals surface area contributed by atoms with Crippen LogP contribution in [0, 0.1) is 0 Å². The molecular weight excluding hydrogens is 119 g/mol. The summed E-state index contributed by atoms with van der Waals surface area (Å²) >= 11 is 9.69. The van der Waals surface area contributed by atoms with E-state index in [1.807, 2.05) is 13.8 Å². The van der Waals surface area contributed by atoms with Crippen molar-refractivity contribution in [3.8, 4) is 0 Å². The van der Waals surface area contributed by atoms with Gasteiger partial charge in [-0.2, -0.15) is 0 Å². The summed E-state index contributed by atoms with van der Waals surface area (Å²) in [6.45, 7) is 7.09. The van der Waals surface area contributed by atoms with Crippen molar-refractivity contribution in [2.75, 3.05) is 0 Å². The molecule has 0 radical (unpaired) electrons. The molecule has 0 saturated heterocycles. The molecule has 0 aromatic carbocycles. The normalized spacial score (nSPS) is 5.33. The summed E-state index contributed by atoms with van der Waals surface area (Å²) < 4.78 is 0.111. The fourth-order valence-corrected chi connectivity index (χ4v) is 0. The summed E-state index contributed by atoms with van der Waals surface area (Å²) in [5, 5.41) is 0. The monoisotopic (exact) mass is 126 g/mol. The first kappa shape index (κ1) is 9.58. The lowest BCUT2D eigenvalue weighted by Crippen LogP contribution is -1.24. The summed E-state index contributed by atoms with van der Waals surface area (Å²) in [6.07, 6.45) is 0. The van der Waals surface area contributed by atoms with Gasteiger partial charge in [0, 0.05) is 0 Å². The molecule has 0 aromatic rings. The lowest BCUT2D eigenvalue weighted by atomic mass is 11.0. The molecule has 0 rings (SSSR count). The van der Waals surface area contributed by atoms with Gasteiger partial charge in [-0.05, 0) is 0 Å². The third-order valence-corrected chi connectivity index (χ3v) is 0. The quantitative estimate of drug-likeness (QED) is 0.469. The lowest BCUT2D eigenvalue weighted by Gasteiger charge is -1.57. The van der Waals surface area contributed by atoms with E-state index in [-0.39, 0.29) is 4.49 Å². The molecule has 0 N–H and O–H groups in total. The molecule has 6 heavy (non-hydrogen) atoms. The SMILES string of the molecule is C=C(Cl)Cl.CC. The predicted molar refractivity (Wildman–Crippen MR) is 32.2 cm³/mol. The van der Waals surface area contributed by atoms with Gasteiger partial charge in [-0.15, -0.1) is 0 Å². The summed E-state index contributed by atoms with van der Waals surface area (Å²) in [5.41, 5.74) is 0. The molecule has 0 nitrogen and oxygen atoms in total. The first-order valence-electron chi connectivity index (χ1n) is 1.73. The van der Waals surface area contributed by atoms with Crippen LogP contribution >= 0.6 is 23.2 Å². The molecule has 0 saturated carbocycles. The zero-order chi connectivity index (χ0) is 5.58. The fourth-order valence-electron chi connectivity index (χ4n) is 0.